The molecule has 0 radical (unpaired) electrons. The molecule has 6 amide bonds. The van der Waals surface area contributed by atoms with Crippen LogP contribution in [0.3, 0.4) is 0 Å². The Hall–Kier alpha value is -4.12. The van der Waals surface area contributed by atoms with Crippen LogP contribution < -0.4 is 10.6 Å². The highest BCUT2D eigenvalue weighted by molar-refractivity contribution is 8.00. The third-order valence-electron chi connectivity index (χ3n) is 6.28. The maximum atomic E-state index is 13.4. The lowest BCUT2D eigenvalue weighted by Crippen LogP contribution is -2.71. The molecule has 0 aromatic heterocycles. The summed E-state index contributed by atoms with van der Waals surface area (Å²) in [5, 5.41) is 13.9. The van der Waals surface area contributed by atoms with E-state index in [9.17, 15) is 42.3 Å². The predicted molar refractivity (Wildman–Crippen MR) is 138 cm³/mol. The molecule has 17 heteroatoms. The molecule has 1 aromatic rings. The van der Waals surface area contributed by atoms with Crippen molar-refractivity contribution < 1.29 is 47.0 Å². The van der Waals surface area contributed by atoms with Crippen molar-refractivity contribution >= 4 is 57.6 Å². The summed E-state index contributed by atoms with van der Waals surface area (Å²) in [5.41, 5.74) is 0.223. The van der Waals surface area contributed by atoms with Crippen molar-refractivity contribution in [2.75, 3.05) is 31.7 Å². The molecule has 4 rings (SSSR count). The van der Waals surface area contributed by atoms with Crippen LogP contribution in [0.1, 0.15) is 18.5 Å². The molecular formula is C23H25N5O10S2. The average molecular weight is 596 g/mol. The number of carbonyl (C=O) groups is 6. The summed E-state index contributed by atoms with van der Waals surface area (Å²) in [6.45, 7) is 0.405. The van der Waals surface area contributed by atoms with E-state index in [4.69, 9.17) is 4.74 Å². The summed E-state index contributed by atoms with van der Waals surface area (Å²) in [5.74, 6) is -3.39. The van der Waals surface area contributed by atoms with Crippen LogP contribution in [0, 0.1) is 0 Å². The number of fused-ring (bicyclic) bond motifs is 1. The van der Waals surface area contributed by atoms with Crippen LogP contribution >= 0.6 is 11.8 Å². The Kier molecular flexibility index (Phi) is 8.06. The number of thioether (sulfide) groups is 1. The van der Waals surface area contributed by atoms with Gasteiger partial charge in [-0.3, -0.25) is 19.3 Å². The molecule has 0 bridgehead atoms. The molecule has 0 aliphatic carbocycles. The lowest BCUT2D eigenvalue weighted by molar-refractivity contribution is -0.151. The van der Waals surface area contributed by atoms with E-state index < -0.39 is 63.3 Å². The highest BCUT2D eigenvalue weighted by Crippen LogP contribution is 2.40. The number of aliphatic carboxylic acids is 1. The molecule has 214 valence electrons. The van der Waals surface area contributed by atoms with Crippen LogP contribution in [-0.4, -0.2) is 107 Å². The number of imide groups is 1. The number of carboxylic acids is 1. The molecule has 3 heterocycles. The van der Waals surface area contributed by atoms with E-state index in [1.54, 1.807) is 18.2 Å². The summed E-state index contributed by atoms with van der Waals surface area (Å²) < 4.78 is 29.1. The van der Waals surface area contributed by atoms with Gasteiger partial charge in [-0.15, -0.1) is 11.8 Å². The van der Waals surface area contributed by atoms with Gasteiger partial charge in [0.15, 0.2) is 0 Å². The third kappa shape index (κ3) is 5.60. The van der Waals surface area contributed by atoms with E-state index in [1.807, 2.05) is 0 Å². The second kappa shape index (κ2) is 11.2. The maximum absolute atomic E-state index is 13.4. The first-order valence-corrected chi connectivity index (χ1v) is 14.7. The van der Waals surface area contributed by atoms with Gasteiger partial charge in [0.2, 0.25) is 15.9 Å². The number of esters is 1. The van der Waals surface area contributed by atoms with Crippen molar-refractivity contribution in [3.05, 3.63) is 47.2 Å². The second-order valence-corrected chi connectivity index (χ2v) is 12.0. The molecule has 40 heavy (non-hydrogen) atoms. The zero-order chi connectivity index (χ0) is 29.4. The Morgan fingerprint density at radius 3 is 2.40 bits per heavy atom. The molecule has 0 spiro atoms. The number of ether oxygens (including phenoxy) is 1. The highest BCUT2D eigenvalue weighted by atomic mass is 32.2. The molecule has 2 unspecified atom stereocenters. The summed E-state index contributed by atoms with van der Waals surface area (Å²) in [6, 6.07) is 3.39. The van der Waals surface area contributed by atoms with Crippen molar-refractivity contribution in [1.29, 1.82) is 0 Å². The first-order chi connectivity index (χ1) is 18.8. The Bertz CT molecular complexity index is 1410. The van der Waals surface area contributed by atoms with Gasteiger partial charge in [-0.2, -0.15) is 0 Å². The van der Waals surface area contributed by atoms with Crippen molar-refractivity contribution in [1.82, 2.24) is 24.7 Å². The number of sulfonamides is 1. The Morgan fingerprint density at radius 1 is 1.15 bits per heavy atom. The number of benzene rings is 1. The summed E-state index contributed by atoms with van der Waals surface area (Å²) in [4.78, 5) is 76.6. The number of urea groups is 2. The monoisotopic (exact) mass is 595 g/mol. The minimum Gasteiger partial charge on any atom is -0.477 e. The van der Waals surface area contributed by atoms with Crippen molar-refractivity contribution in [3.8, 4) is 0 Å². The molecule has 3 N–H and O–H groups in total. The third-order valence-corrected chi connectivity index (χ3v) is 8.76. The number of carboxylic acid groups (broad SMARTS) is 1. The van der Waals surface area contributed by atoms with Crippen LogP contribution in [0.25, 0.3) is 0 Å². The number of rotatable bonds is 8. The quantitative estimate of drug-likeness (QED) is 0.257. The first-order valence-electron chi connectivity index (χ1n) is 11.8. The molecule has 3 atom stereocenters. The van der Waals surface area contributed by atoms with Gasteiger partial charge in [-0.05, 0) is 5.56 Å². The van der Waals surface area contributed by atoms with Crippen molar-refractivity contribution in [2.24, 2.45) is 0 Å². The normalized spacial score (nSPS) is 21.4. The van der Waals surface area contributed by atoms with E-state index >= 15 is 0 Å². The molecular weight excluding hydrogens is 570 g/mol. The van der Waals surface area contributed by atoms with Crippen LogP contribution in [-0.2, 0) is 33.9 Å². The van der Waals surface area contributed by atoms with Gasteiger partial charge in [-0.1, -0.05) is 30.3 Å². The number of amides is 6. The summed E-state index contributed by atoms with van der Waals surface area (Å²) in [6.07, 6.45) is 0.832. The minimum atomic E-state index is -3.90. The lowest BCUT2D eigenvalue weighted by atomic mass is 10.0. The van der Waals surface area contributed by atoms with E-state index in [2.05, 4.69) is 10.6 Å². The number of carbonyl (C=O) groups excluding carboxylic acids is 5. The average Bonchev–Trinajstić information content (AvgIpc) is 3.30. The fourth-order valence-corrected chi connectivity index (χ4v) is 6.50. The zero-order valence-electron chi connectivity index (χ0n) is 21.2. The molecule has 2 fully saturated rings. The van der Waals surface area contributed by atoms with E-state index in [1.165, 1.54) is 30.8 Å². The SMILES string of the molecule is CC(=O)OCC1=C(C(=O)O)N2C(=O)C(NC(=O)C(NC(=O)N3CCN(S(C)(=O)=O)C3=O)c3ccccc3)[C@@H]2SC1. The van der Waals surface area contributed by atoms with Gasteiger partial charge in [-0.25, -0.2) is 32.0 Å². The number of nitrogens with zero attached hydrogens (tertiary/aromatic N) is 3. The highest BCUT2D eigenvalue weighted by Gasteiger charge is 2.54. The number of nitrogens with one attached hydrogen (secondary N) is 2. The van der Waals surface area contributed by atoms with Gasteiger partial charge in [0.25, 0.3) is 5.91 Å². The maximum Gasteiger partial charge on any atom is 0.352 e. The van der Waals surface area contributed by atoms with Crippen LogP contribution in [0.15, 0.2) is 41.6 Å². The molecule has 2 saturated heterocycles. The Labute approximate surface area is 232 Å². The Balaban J connectivity index is 1.51. The standard InChI is InChI=1S/C23H25N5O10S2/c1-12(29)38-10-14-11-39-20-16(19(31)28(20)17(14)21(32)33)24-18(30)15(13-6-4-3-5-7-13)25-22(34)26-8-9-27(23(26)35)40(2,36)37/h3-7,15-16,20H,8-11H2,1-2H3,(H,24,30)(H,25,34)(H,32,33)/t15?,16?,20-/m0/s1. The fraction of sp³-hybridized carbons (Fsp3) is 0.391. The predicted octanol–water partition coefficient (Wildman–Crippen LogP) is -0.564. The summed E-state index contributed by atoms with van der Waals surface area (Å²) >= 11 is 1.17. The molecule has 3 aliphatic rings. The van der Waals surface area contributed by atoms with Gasteiger partial charge < -0.3 is 20.5 Å². The Morgan fingerprint density at radius 2 is 1.82 bits per heavy atom. The minimum absolute atomic E-state index is 0.127. The van der Waals surface area contributed by atoms with Crippen molar-refractivity contribution in [3.63, 3.8) is 0 Å². The number of hydrogen-bond acceptors (Lipinski definition) is 10. The fourth-order valence-electron chi connectivity index (χ4n) is 4.38. The van der Waals surface area contributed by atoms with Gasteiger partial charge in [0.1, 0.15) is 29.8 Å². The van der Waals surface area contributed by atoms with E-state index in [0.29, 0.717) is 14.8 Å². The largest absolute Gasteiger partial charge is 0.477 e. The number of β-lactam (4-membered cyclic amide) rings is 1. The van der Waals surface area contributed by atoms with Crippen LogP contribution in [0.5, 0.6) is 0 Å². The smallest absolute Gasteiger partial charge is 0.352 e. The molecule has 1 aromatic carbocycles. The van der Waals surface area contributed by atoms with Crippen LogP contribution in [0.4, 0.5) is 9.59 Å². The number of hydrogen-bond donors (Lipinski definition) is 3. The molecule has 3 aliphatic heterocycles. The van der Waals surface area contributed by atoms with E-state index in [0.717, 1.165) is 11.2 Å². The van der Waals surface area contributed by atoms with E-state index in [-0.39, 0.29) is 36.7 Å². The van der Waals surface area contributed by atoms with Gasteiger partial charge >= 0.3 is 24.0 Å². The van der Waals surface area contributed by atoms with Crippen LogP contribution in [0.2, 0.25) is 0 Å². The lowest BCUT2D eigenvalue weighted by Gasteiger charge is -2.49. The first kappa shape index (κ1) is 28.9. The summed E-state index contributed by atoms with van der Waals surface area (Å²) in [7, 11) is -3.90. The molecule has 0 saturated carbocycles. The zero-order valence-corrected chi connectivity index (χ0v) is 22.9. The van der Waals surface area contributed by atoms with Gasteiger partial charge in [0, 0.05) is 18.2 Å². The van der Waals surface area contributed by atoms with Crippen molar-refractivity contribution in [2.45, 2.75) is 24.4 Å². The molecule has 15 nitrogen and oxygen atoms in total. The van der Waals surface area contributed by atoms with Gasteiger partial charge in [0.05, 0.1) is 19.3 Å². The topological polar surface area (TPSA) is 200 Å². The second-order valence-electron chi connectivity index (χ2n) is 9.00.